The molecule has 0 aliphatic carbocycles. The van der Waals surface area contributed by atoms with Gasteiger partial charge >= 0.3 is 0 Å². The number of hydrogen-bond acceptors (Lipinski definition) is 3. The number of H-pyrrole nitrogens is 1. The van der Waals surface area contributed by atoms with Gasteiger partial charge in [-0.15, -0.1) is 0 Å². The Labute approximate surface area is 124 Å². The van der Waals surface area contributed by atoms with Crippen molar-refractivity contribution in [3.8, 4) is 0 Å². The summed E-state index contributed by atoms with van der Waals surface area (Å²) < 4.78 is 0. The molecule has 2 heterocycles. The van der Waals surface area contributed by atoms with Crippen molar-refractivity contribution in [2.75, 3.05) is 19.7 Å². The van der Waals surface area contributed by atoms with Gasteiger partial charge in [0.15, 0.2) is 0 Å². The molecule has 0 spiro atoms. The molecule has 0 saturated carbocycles. The Morgan fingerprint density at radius 2 is 2.10 bits per heavy atom. The Bertz CT molecular complexity index is 615. The molecule has 1 saturated heterocycles. The van der Waals surface area contributed by atoms with Gasteiger partial charge in [0.1, 0.15) is 0 Å². The van der Waals surface area contributed by atoms with Gasteiger partial charge in [-0.1, -0.05) is 18.2 Å². The van der Waals surface area contributed by atoms with Crippen molar-refractivity contribution >= 4 is 16.8 Å². The van der Waals surface area contributed by atoms with Crippen molar-refractivity contribution < 1.29 is 9.63 Å². The van der Waals surface area contributed by atoms with Crippen molar-refractivity contribution in [3.05, 3.63) is 36.0 Å². The van der Waals surface area contributed by atoms with E-state index in [-0.39, 0.29) is 5.91 Å². The molecule has 5 heteroatoms. The van der Waals surface area contributed by atoms with Crippen LogP contribution in [-0.2, 0) is 16.1 Å². The number of nitrogens with one attached hydrogen (secondary N) is 1. The molecule has 0 bridgehead atoms. The molecule has 21 heavy (non-hydrogen) atoms. The number of nitrogens with two attached hydrogens (primary N) is 1. The standard InChI is InChI=1S/C16H21N3O2/c17-21-11-12-5-7-19(8-6-12)16(20)9-13-10-18-15-4-2-1-3-14(13)15/h1-4,10,12,18H,5-9,11,17H2. The van der Waals surface area contributed by atoms with Gasteiger partial charge in [-0.3, -0.25) is 4.79 Å². The number of carbonyl (C=O) groups is 1. The lowest BCUT2D eigenvalue weighted by atomic mass is 9.97. The van der Waals surface area contributed by atoms with Crippen LogP contribution in [0, 0.1) is 5.92 Å². The Hall–Kier alpha value is -1.85. The fraction of sp³-hybridized carbons (Fsp3) is 0.438. The lowest BCUT2D eigenvalue weighted by Gasteiger charge is -2.31. The normalized spacial score (nSPS) is 16.5. The molecule has 3 N–H and O–H groups in total. The van der Waals surface area contributed by atoms with Crippen LogP contribution in [0.1, 0.15) is 18.4 Å². The summed E-state index contributed by atoms with van der Waals surface area (Å²) in [6.45, 7) is 2.19. The van der Waals surface area contributed by atoms with Crippen LogP contribution >= 0.6 is 0 Å². The first-order chi connectivity index (χ1) is 10.3. The lowest BCUT2D eigenvalue weighted by molar-refractivity contribution is -0.132. The molecule has 1 aromatic carbocycles. The zero-order chi connectivity index (χ0) is 14.7. The molecule has 5 nitrogen and oxygen atoms in total. The second-order valence-corrected chi connectivity index (χ2v) is 5.69. The molecule has 1 aliphatic rings. The molecule has 112 valence electrons. The number of aromatic nitrogens is 1. The first-order valence-corrected chi connectivity index (χ1v) is 7.42. The van der Waals surface area contributed by atoms with Gasteiger partial charge < -0.3 is 14.7 Å². The van der Waals surface area contributed by atoms with Crippen LogP contribution in [0.5, 0.6) is 0 Å². The number of likely N-dealkylation sites (tertiary alicyclic amines) is 1. The van der Waals surface area contributed by atoms with E-state index in [4.69, 9.17) is 10.7 Å². The highest BCUT2D eigenvalue weighted by molar-refractivity contribution is 5.88. The second kappa shape index (κ2) is 6.28. The molecule has 0 atom stereocenters. The molecule has 1 fully saturated rings. The zero-order valence-corrected chi connectivity index (χ0v) is 12.0. The molecule has 2 aromatic rings. The summed E-state index contributed by atoms with van der Waals surface area (Å²) in [5, 5.41) is 1.14. The number of para-hydroxylation sites is 1. The molecular formula is C16H21N3O2. The van der Waals surface area contributed by atoms with Crippen LogP contribution in [0.3, 0.4) is 0 Å². The third kappa shape index (κ3) is 3.09. The number of aromatic amines is 1. The number of hydrogen-bond donors (Lipinski definition) is 2. The summed E-state index contributed by atoms with van der Waals surface area (Å²) in [6.07, 6.45) is 4.34. The summed E-state index contributed by atoms with van der Waals surface area (Å²) >= 11 is 0. The minimum absolute atomic E-state index is 0.201. The molecule has 0 radical (unpaired) electrons. The number of piperidine rings is 1. The highest BCUT2D eigenvalue weighted by atomic mass is 16.6. The number of fused-ring (bicyclic) bond motifs is 1. The van der Waals surface area contributed by atoms with E-state index >= 15 is 0 Å². The van der Waals surface area contributed by atoms with E-state index in [0.29, 0.717) is 18.9 Å². The first-order valence-electron chi connectivity index (χ1n) is 7.42. The number of nitrogens with zero attached hydrogens (tertiary/aromatic N) is 1. The minimum atomic E-state index is 0.201. The van der Waals surface area contributed by atoms with Gasteiger partial charge in [0.2, 0.25) is 5.91 Å². The monoisotopic (exact) mass is 287 g/mol. The van der Waals surface area contributed by atoms with E-state index < -0.39 is 0 Å². The van der Waals surface area contributed by atoms with E-state index in [1.807, 2.05) is 29.3 Å². The highest BCUT2D eigenvalue weighted by Crippen LogP contribution is 2.21. The maximum absolute atomic E-state index is 12.4. The topological polar surface area (TPSA) is 71.3 Å². The van der Waals surface area contributed by atoms with Gasteiger partial charge in [-0.25, -0.2) is 5.90 Å². The average molecular weight is 287 g/mol. The minimum Gasteiger partial charge on any atom is -0.361 e. The number of carbonyl (C=O) groups excluding carboxylic acids is 1. The summed E-state index contributed by atoms with van der Waals surface area (Å²) in [5.41, 5.74) is 2.15. The third-order valence-corrected chi connectivity index (χ3v) is 4.32. The Balaban J connectivity index is 1.62. The number of benzene rings is 1. The summed E-state index contributed by atoms with van der Waals surface area (Å²) in [5.74, 6) is 5.79. The third-order valence-electron chi connectivity index (χ3n) is 4.32. The Morgan fingerprint density at radius 1 is 1.33 bits per heavy atom. The van der Waals surface area contributed by atoms with Crippen LogP contribution < -0.4 is 5.90 Å². The molecular weight excluding hydrogens is 266 g/mol. The quantitative estimate of drug-likeness (QED) is 0.843. The van der Waals surface area contributed by atoms with Gasteiger partial charge in [0.05, 0.1) is 13.0 Å². The van der Waals surface area contributed by atoms with Gasteiger partial charge in [0.25, 0.3) is 0 Å². The van der Waals surface area contributed by atoms with Crippen LogP contribution in [-0.4, -0.2) is 35.5 Å². The van der Waals surface area contributed by atoms with Crippen LogP contribution in [0.15, 0.2) is 30.5 Å². The maximum Gasteiger partial charge on any atom is 0.227 e. The number of amides is 1. The smallest absolute Gasteiger partial charge is 0.227 e. The summed E-state index contributed by atoms with van der Waals surface area (Å²) in [6, 6.07) is 8.08. The average Bonchev–Trinajstić information content (AvgIpc) is 2.92. The molecule has 1 aliphatic heterocycles. The van der Waals surface area contributed by atoms with E-state index in [1.165, 1.54) is 0 Å². The molecule has 0 unspecified atom stereocenters. The van der Waals surface area contributed by atoms with Gasteiger partial charge in [-0.2, -0.15) is 0 Å². The van der Waals surface area contributed by atoms with Crippen molar-refractivity contribution in [2.24, 2.45) is 11.8 Å². The van der Waals surface area contributed by atoms with Gasteiger partial charge in [-0.05, 0) is 30.4 Å². The predicted molar refractivity (Wildman–Crippen MR) is 81.4 cm³/mol. The zero-order valence-electron chi connectivity index (χ0n) is 12.0. The van der Waals surface area contributed by atoms with Gasteiger partial charge in [0, 0.05) is 30.2 Å². The lowest BCUT2D eigenvalue weighted by Crippen LogP contribution is -2.40. The van der Waals surface area contributed by atoms with Crippen LogP contribution in [0.25, 0.3) is 10.9 Å². The molecule has 1 amide bonds. The van der Waals surface area contributed by atoms with Crippen molar-refractivity contribution in [1.82, 2.24) is 9.88 Å². The van der Waals surface area contributed by atoms with E-state index in [2.05, 4.69) is 11.1 Å². The van der Waals surface area contributed by atoms with Crippen LogP contribution in [0.2, 0.25) is 0 Å². The molecule has 1 aromatic heterocycles. The van der Waals surface area contributed by atoms with Crippen molar-refractivity contribution in [3.63, 3.8) is 0 Å². The summed E-state index contributed by atoms with van der Waals surface area (Å²) in [7, 11) is 0. The van der Waals surface area contributed by atoms with E-state index in [0.717, 1.165) is 42.4 Å². The van der Waals surface area contributed by atoms with E-state index in [9.17, 15) is 4.79 Å². The largest absolute Gasteiger partial charge is 0.361 e. The molecule has 3 rings (SSSR count). The van der Waals surface area contributed by atoms with Crippen molar-refractivity contribution in [2.45, 2.75) is 19.3 Å². The summed E-state index contributed by atoms with van der Waals surface area (Å²) in [4.78, 5) is 22.3. The fourth-order valence-electron chi connectivity index (χ4n) is 3.04. The Kier molecular flexibility index (Phi) is 4.22. The van der Waals surface area contributed by atoms with Crippen molar-refractivity contribution in [1.29, 1.82) is 0 Å². The maximum atomic E-state index is 12.4. The first kappa shape index (κ1) is 14.1. The van der Waals surface area contributed by atoms with E-state index in [1.54, 1.807) is 0 Å². The predicted octanol–water partition coefficient (Wildman–Crippen LogP) is 1.84. The highest BCUT2D eigenvalue weighted by Gasteiger charge is 2.23. The SMILES string of the molecule is NOCC1CCN(C(=O)Cc2c[nH]c3ccccc23)CC1. The fourth-order valence-corrected chi connectivity index (χ4v) is 3.04. The second-order valence-electron chi connectivity index (χ2n) is 5.69. The van der Waals surface area contributed by atoms with Crippen LogP contribution in [0.4, 0.5) is 0 Å². The Morgan fingerprint density at radius 3 is 2.86 bits per heavy atom. The number of rotatable bonds is 4.